The van der Waals surface area contributed by atoms with Gasteiger partial charge in [0.15, 0.2) is 5.54 Å². The van der Waals surface area contributed by atoms with Crippen LogP contribution in [0.25, 0.3) is 0 Å². The molecular formula is C14H13F3N2O4. The zero-order valence-electron chi connectivity index (χ0n) is 12.0. The van der Waals surface area contributed by atoms with Crippen LogP contribution in [0.4, 0.5) is 18.9 Å². The Labute approximate surface area is 129 Å². The third-order valence-electron chi connectivity index (χ3n) is 3.81. The minimum Gasteiger partial charge on any atom is -0.465 e. The summed E-state index contributed by atoms with van der Waals surface area (Å²) in [6.07, 6.45) is -4.02. The lowest BCUT2D eigenvalue weighted by Gasteiger charge is -2.32. The lowest BCUT2D eigenvalue weighted by atomic mass is 9.84. The van der Waals surface area contributed by atoms with Gasteiger partial charge in [-0.2, -0.15) is 13.2 Å². The predicted octanol–water partition coefficient (Wildman–Crippen LogP) is 2.90. The number of esters is 1. The number of halogens is 3. The number of hydrogen-bond donors (Lipinski definition) is 0. The van der Waals surface area contributed by atoms with Gasteiger partial charge in [0, 0.05) is 24.3 Å². The molecule has 0 spiro atoms. The Morgan fingerprint density at radius 1 is 1.35 bits per heavy atom. The van der Waals surface area contributed by atoms with Gasteiger partial charge in [-0.15, -0.1) is 0 Å². The van der Waals surface area contributed by atoms with Gasteiger partial charge < -0.3 is 4.74 Å². The quantitative estimate of drug-likeness (QED) is 0.368. The van der Waals surface area contributed by atoms with Crippen molar-refractivity contribution in [2.24, 2.45) is 10.9 Å². The first-order valence-electron chi connectivity index (χ1n) is 6.65. The van der Waals surface area contributed by atoms with Crippen LogP contribution in [0.1, 0.15) is 18.9 Å². The van der Waals surface area contributed by atoms with E-state index in [2.05, 4.69) is 9.73 Å². The number of ether oxygens (including phenoxy) is 1. The highest BCUT2D eigenvalue weighted by molar-refractivity contribution is 5.80. The number of non-ortho nitro benzene ring substituents is 1. The largest absolute Gasteiger partial charge is 0.465 e. The number of nitro groups is 1. The van der Waals surface area contributed by atoms with Crippen molar-refractivity contribution in [3.8, 4) is 0 Å². The molecule has 124 valence electrons. The molecular weight excluding hydrogens is 317 g/mol. The lowest BCUT2D eigenvalue weighted by Crippen LogP contribution is -2.47. The zero-order valence-corrected chi connectivity index (χ0v) is 12.0. The summed E-state index contributed by atoms with van der Waals surface area (Å²) in [5.74, 6) is -1.79. The van der Waals surface area contributed by atoms with E-state index in [1.807, 2.05) is 0 Å². The fraction of sp³-hybridized carbons (Fsp3) is 0.429. The van der Waals surface area contributed by atoms with Crippen LogP contribution in [0.2, 0.25) is 0 Å². The van der Waals surface area contributed by atoms with E-state index >= 15 is 0 Å². The van der Waals surface area contributed by atoms with E-state index in [4.69, 9.17) is 0 Å². The van der Waals surface area contributed by atoms with Crippen LogP contribution in [0.3, 0.4) is 0 Å². The van der Waals surface area contributed by atoms with Crippen molar-refractivity contribution >= 4 is 17.9 Å². The Kier molecular flexibility index (Phi) is 4.39. The number of carbonyl (C=O) groups excluding carboxylic acids is 1. The fourth-order valence-electron chi connectivity index (χ4n) is 2.17. The van der Waals surface area contributed by atoms with E-state index in [1.165, 1.54) is 24.3 Å². The highest BCUT2D eigenvalue weighted by Gasteiger charge is 2.58. The van der Waals surface area contributed by atoms with Crippen molar-refractivity contribution in [2.45, 2.75) is 25.1 Å². The van der Waals surface area contributed by atoms with Crippen LogP contribution in [0.15, 0.2) is 29.3 Å². The molecule has 1 aliphatic rings. The first-order chi connectivity index (χ1) is 10.6. The molecule has 1 saturated heterocycles. The van der Waals surface area contributed by atoms with Gasteiger partial charge in [0.2, 0.25) is 0 Å². The molecule has 0 saturated carbocycles. The van der Waals surface area contributed by atoms with E-state index in [0.717, 1.165) is 13.1 Å². The molecule has 0 N–H and O–H groups in total. The van der Waals surface area contributed by atoms with Gasteiger partial charge in [-0.1, -0.05) is 0 Å². The molecule has 1 aromatic carbocycles. The number of carbonyl (C=O) groups is 1. The first kappa shape index (κ1) is 16.9. The van der Waals surface area contributed by atoms with E-state index in [9.17, 15) is 28.1 Å². The molecule has 23 heavy (non-hydrogen) atoms. The average molecular weight is 330 g/mol. The second-order valence-electron chi connectivity index (χ2n) is 5.34. The fourth-order valence-corrected chi connectivity index (χ4v) is 2.17. The Morgan fingerprint density at radius 2 is 1.96 bits per heavy atom. The number of alkyl halides is 3. The Morgan fingerprint density at radius 3 is 2.39 bits per heavy atom. The maximum absolute atomic E-state index is 13.4. The number of benzene rings is 1. The van der Waals surface area contributed by atoms with E-state index in [-0.39, 0.29) is 24.3 Å². The summed E-state index contributed by atoms with van der Waals surface area (Å²) in [4.78, 5) is 24.7. The second kappa shape index (κ2) is 5.98. The monoisotopic (exact) mass is 330 g/mol. The minimum atomic E-state index is -4.66. The highest BCUT2D eigenvalue weighted by atomic mass is 19.4. The van der Waals surface area contributed by atoms with Gasteiger partial charge in [0.05, 0.1) is 18.0 Å². The van der Waals surface area contributed by atoms with Gasteiger partial charge in [-0.05, 0) is 24.6 Å². The smallest absolute Gasteiger partial charge is 0.413 e. The molecule has 2 atom stereocenters. The Bertz CT molecular complexity index is 642. The van der Waals surface area contributed by atoms with Crippen molar-refractivity contribution in [1.29, 1.82) is 0 Å². The third-order valence-corrected chi connectivity index (χ3v) is 3.81. The zero-order chi connectivity index (χ0) is 17.3. The Hall–Kier alpha value is -2.45. The molecule has 0 radical (unpaired) electrons. The number of nitro benzene ring substituents is 1. The molecule has 0 aromatic heterocycles. The van der Waals surface area contributed by atoms with Crippen LogP contribution in [-0.4, -0.2) is 35.4 Å². The molecule has 1 fully saturated rings. The maximum Gasteiger partial charge on any atom is 0.413 e. The lowest BCUT2D eigenvalue weighted by molar-refractivity contribution is -0.384. The van der Waals surface area contributed by atoms with Gasteiger partial charge in [-0.25, -0.2) is 0 Å². The van der Waals surface area contributed by atoms with Crippen LogP contribution in [0.5, 0.6) is 0 Å². The second-order valence-corrected chi connectivity index (χ2v) is 5.34. The van der Waals surface area contributed by atoms with Crippen LogP contribution < -0.4 is 0 Å². The molecule has 9 heteroatoms. The molecule has 6 nitrogen and oxygen atoms in total. The van der Waals surface area contributed by atoms with Crippen molar-refractivity contribution in [3.05, 3.63) is 39.9 Å². The Balaban J connectivity index is 2.27. The van der Waals surface area contributed by atoms with Gasteiger partial charge in [0.1, 0.15) is 0 Å². The van der Waals surface area contributed by atoms with E-state index < -0.39 is 28.5 Å². The SMILES string of the molecule is C[C@](N=Cc1ccc([N+](=O)[O-])cc1)([C@@H]1COC(=O)C1)C(F)(F)F. The summed E-state index contributed by atoms with van der Waals surface area (Å²) in [5, 5.41) is 10.5. The topological polar surface area (TPSA) is 81.8 Å². The van der Waals surface area contributed by atoms with Crippen molar-refractivity contribution < 1.29 is 27.6 Å². The summed E-state index contributed by atoms with van der Waals surface area (Å²) in [7, 11) is 0. The minimum absolute atomic E-state index is 0.171. The van der Waals surface area contributed by atoms with Crippen LogP contribution >= 0.6 is 0 Å². The van der Waals surface area contributed by atoms with E-state index in [0.29, 0.717) is 0 Å². The number of cyclic esters (lactones) is 1. The van der Waals surface area contributed by atoms with Gasteiger partial charge >= 0.3 is 12.1 Å². The first-order valence-corrected chi connectivity index (χ1v) is 6.65. The maximum atomic E-state index is 13.4. The number of nitrogens with zero attached hydrogens (tertiary/aromatic N) is 2. The summed E-state index contributed by atoms with van der Waals surface area (Å²) in [6, 6.07) is 4.95. The summed E-state index contributed by atoms with van der Waals surface area (Å²) < 4.78 is 44.8. The molecule has 2 rings (SSSR count). The summed E-state index contributed by atoms with van der Waals surface area (Å²) in [6.45, 7) is 0.563. The highest BCUT2D eigenvalue weighted by Crippen LogP contribution is 2.42. The summed E-state index contributed by atoms with van der Waals surface area (Å²) >= 11 is 0. The molecule has 1 aliphatic heterocycles. The molecule has 1 aromatic rings. The molecule has 1 heterocycles. The molecule has 0 unspecified atom stereocenters. The van der Waals surface area contributed by atoms with Crippen molar-refractivity contribution in [3.63, 3.8) is 0 Å². The normalized spacial score (nSPS) is 21.2. The summed E-state index contributed by atoms with van der Waals surface area (Å²) in [5.41, 5.74) is -2.35. The van der Waals surface area contributed by atoms with Crippen molar-refractivity contribution in [1.82, 2.24) is 0 Å². The van der Waals surface area contributed by atoms with Crippen LogP contribution in [0, 0.1) is 16.0 Å². The van der Waals surface area contributed by atoms with Gasteiger partial charge in [-0.3, -0.25) is 19.9 Å². The molecule has 0 amide bonds. The number of aliphatic imine (C=N–C) groups is 1. The average Bonchev–Trinajstić information content (AvgIpc) is 2.91. The predicted molar refractivity (Wildman–Crippen MR) is 74.2 cm³/mol. The molecule has 0 aliphatic carbocycles. The molecule has 0 bridgehead atoms. The van der Waals surface area contributed by atoms with Crippen LogP contribution in [-0.2, 0) is 9.53 Å². The number of rotatable bonds is 4. The standard InChI is InChI=1S/C14H13F3N2O4/c1-13(14(15,16)17,10-6-12(20)23-8-10)18-7-9-2-4-11(5-3-9)19(21)22/h2-5,7,10H,6,8H2,1H3/t10-,13-/m0/s1. The van der Waals surface area contributed by atoms with Gasteiger partial charge in [0.25, 0.3) is 5.69 Å². The number of hydrogen-bond acceptors (Lipinski definition) is 5. The van der Waals surface area contributed by atoms with Crippen molar-refractivity contribution in [2.75, 3.05) is 6.61 Å². The van der Waals surface area contributed by atoms with E-state index in [1.54, 1.807) is 0 Å². The third kappa shape index (κ3) is 3.49.